The number of morpholine rings is 1. The van der Waals surface area contributed by atoms with Gasteiger partial charge in [-0.25, -0.2) is 4.68 Å². The molecule has 2 fully saturated rings. The molecule has 0 bridgehead atoms. The number of thiazole rings is 1. The van der Waals surface area contributed by atoms with E-state index in [0.717, 1.165) is 45.6 Å². The second-order valence-corrected chi connectivity index (χ2v) is 11.5. The molecule has 0 unspecified atom stereocenters. The maximum Gasteiger partial charge on any atom is 0.273 e. The van der Waals surface area contributed by atoms with Crippen LogP contribution < -0.4 is 10.6 Å². The molecule has 2 aliphatic rings. The first-order valence-electron chi connectivity index (χ1n) is 12.7. The summed E-state index contributed by atoms with van der Waals surface area (Å²) in [5.41, 5.74) is 1.14. The summed E-state index contributed by atoms with van der Waals surface area (Å²) in [4.78, 5) is 33.4. The Morgan fingerprint density at radius 2 is 1.78 bits per heavy atom. The van der Waals surface area contributed by atoms with Gasteiger partial charge in [0, 0.05) is 30.7 Å². The molecule has 36 heavy (non-hydrogen) atoms. The number of nitrogens with zero attached hydrogens (tertiary/aromatic N) is 4. The number of hydrogen-bond acceptors (Lipinski definition) is 7. The van der Waals surface area contributed by atoms with Gasteiger partial charge in [0.2, 0.25) is 0 Å². The number of aromatic nitrogens is 3. The molecule has 1 saturated heterocycles. The lowest BCUT2D eigenvalue weighted by Gasteiger charge is -2.41. The van der Waals surface area contributed by atoms with Crippen molar-refractivity contribution < 1.29 is 14.3 Å². The van der Waals surface area contributed by atoms with Crippen molar-refractivity contribution in [3.05, 3.63) is 41.6 Å². The topological polar surface area (TPSA) is 101 Å². The number of rotatable bonds is 5. The highest BCUT2D eigenvalue weighted by Gasteiger charge is 2.34. The predicted octanol–water partition coefficient (Wildman–Crippen LogP) is 3.87. The molecule has 9 nitrogen and oxygen atoms in total. The van der Waals surface area contributed by atoms with E-state index >= 15 is 0 Å². The van der Waals surface area contributed by atoms with Crippen LogP contribution in [0.5, 0.6) is 0 Å². The van der Waals surface area contributed by atoms with Crippen LogP contribution in [-0.4, -0.2) is 69.9 Å². The van der Waals surface area contributed by atoms with Crippen LogP contribution in [0.1, 0.15) is 67.3 Å². The van der Waals surface area contributed by atoms with Gasteiger partial charge in [-0.05, 0) is 45.7 Å². The zero-order valence-electron chi connectivity index (χ0n) is 21.1. The molecule has 192 valence electrons. The number of nitrogens with one attached hydrogen (secondary N) is 2. The highest BCUT2D eigenvalue weighted by Crippen LogP contribution is 2.33. The summed E-state index contributed by atoms with van der Waals surface area (Å²) in [6, 6.07) is 9.41. The largest absolute Gasteiger partial charge is 0.379 e. The first-order valence-corrected chi connectivity index (χ1v) is 13.5. The highest BCUT2D eigenvalue weighted by molar-refractivity contribution is 7.22. The Bertz CT molecular complexity index is 1230. The smallest absolute Gasteiger partial charge is 0.273 e. The summed E-state index contributed by atoms with van der Waals surface area (Å²) in [5, 5.41) is 11.4. The maximum atomic E-state index is 13.6. The van der Waals surface area contributed by atoms with Gasteiger partial charge in [-0.15, -0.1) is 0 Å². The lowest BCUT2D eigenvalue weighted by Crippen LogP contribution is -2.56. The molecule has 10 heteroatoms. The minimum atomic E-state index is -0.382. The van der Waals surface area contributed by atoms with E-state index in [9.17, 15) is 9.59 Å². The van der Waals surface area contributed by atoms with Crippen LogP contribution in [0.3, 0.4) is 0 Å². The number of benzene rings is 1. The molecule has 5 rings (SSSR count). The lowest BCUT2D eigenvalue weighted by atomic mass is 9.88. The molecule has 2 atom stereocenters. The van der Waals surface area contributed by atoms with Crippen molar-refractivity contribution in [1.82, 2.24) is 25.0 Å². The van der Waals surface area contributed by atoms with E-state index in [4.69, 9.17) is 9.84 Å². The van der Waals surface area contributed by atoms with E-state index in [-0.39, 0.29) is 23.4 Å². The molecule has 2 amide bonds. The van der Waals surface area contributed by atoms with E-state index in [1.807, 2.05) is 39.0 Å². The Morgan fingerprint density at radius 1 is 1.06 bits per heavy atom. The number of ether oxygens (including phenoxy) is 1. The van der Waals surface area contributed by atoms with Crippen LogP contribution in [-0.2, 0) is 10.3 Å². The van der Waals surface area contributed by atoms with E-state index in [1.54, 1.807) is 16.8 Å². The third-order valence-electron chi connectivity index (χ3n) is 6.89. The van der Waals surface area contributed by atoms with E-state index in [0.29, 0.717) is 32.8 Å². The van der Waals surface area contributed by atoms with Crippen molar-refractivity contribution in [1.29, 1.82) is 0 Å². The minimum Gasteiger partial charge on any atom is -0.379 e. The van der Waals surface area contributed by atoms with Gasteiger partial charge in [0.05, 0.1) is 18.8 Å². The first kappa shape index (κ1) is 24.9. The van der Waals surface area contributed by atoms with Gasteiger partial charge in [0.1, 0.15) is 4.70 Å². The first-order chi connectivity index (χ1) is 17.3. The van der Waals surface area contributed by atoms with Crippen molar-refractivity contribution >= 4 is 38.6 Å². The lowest BCUT2D eigenvalue weighted by molar-refractivity contribution is 0.000105. The SMILES string of the molecule is CC(C)(C)n1nc(C(=O)N[C@@H]2CCCC[C@H]2N2CCOCC2)c2sc(NC(=O)c3ccccc3)nc21. The third kappa shape index (κ3) is 5.16. The second kappa shape index (κ2) is 10.3. The number of anilines is 1. The fraction of sp³-hybridized carbons (Fsp3) is 0.538. The number of fused-ring (bicyclic) bond motifs is 1. The van der Waals surface area contributed by atoms with Crippen molar-refractivity contribution in [2.24, 2.45) is 0 Å². The van der Waals surface area contributed by atoms with Crippen LogP contribution in [0.15, 0.2) is 30.3 Å². The highest BCUT2D eigenvalue weighted by atomic mass is 32.1. The molecular weight excluding hydrogens is 476 g/mol. The van der Waals surface area contributed by atoms with Gasteiger partial charge in [0.25, 0.3) is 11.8 Å². The summed E-state index contributed by atoms with van der Waals surface area (Å²) in [7, 11) is 0. The quantitative estimate of drug-likeness (QED) is 0.540. The molecular formula is C26H34N6O3S. The molecule has 1 saturated carbocycles. The molecule has 1 aliphatic carbocycles. The Morgan fingerprint density at radius 3 is 2.50 bits per heavy atom. The normalized spacial score (nSPS) is 21.4. The number of amides is 2. The summed E-state index contributed by atoms with van der Waals surface area (Å²) >= 11 is 1.29. The van der Waals surface area contributed by atoms with E-state index in [2.05, 4.69) is 20.5 Å². The summed E-state index contributed by atoms with van der Waals surface area (Å²) in [5.74, 6) is -0.415. The Kier molecular flexibility index (Phi) is 7.09. The fourth-order valence-corrected chi connectivity index (χ4v) is 6.02. The van der Waals surface area contributed by atoms with Crippen molar-refractivity contribution in [2.75, 3.05) is 31.6 Å². The monoisotopic (exact) mass is 510 g/mol. The molecule has 0 spiro atoms. The fourth-order valence-electron chi connectivity index (χ4n) is 5.09. The maximum absolute atomic E-state index is 13.6. The van der Waals surface area contributed by atoms with Crippen molar-refractivity contribution in [3.8, 4) is 0 Å². The van der Waals surface area contributed by atoms with Gasteiger partial charge < -0.3 is 10.1 Å². The summed E-state index contributed by atoms with van der Waals surface area (Å²) in [6.07, 6.45) is 4.31. The van der Waals surface area contributed by atoms with Crippen molar-refractivity contribution in [3.63, 3.8) is 0 Å². The zero-order chi connectivity index (χ0) is 25.3. The molecule has 1 aliphatic heterocycles. The van der Waals surface area contributed by atoms with Crippen LogP contribution in [0.25, 0.3) is 10.3 Å². The Balaban J connectivity index is 1.41. The minimum absolute atomic E-state index is 0.0735. The number of carbonyl (C=O) groups is 2. The molecule has 0 radical (unpaired) electrons. The standard InChI is InChI=1S/C26H34N6O3S/c1-26(2,3)32-22-21(36-25(28-22)29-23(33)17-9-5-4-6-10-17)20(30-32)24(34)27-18-11-7-8-12-19(18)31-13-15-35-16-14-31/h4-6,9-10,18-19H,7-8,11-16H2,1-3H3,(H,27,34)(H,28,29,33)/t18-,19-/m1/s1. The van der Waals surface area contributed by atoms with Crippen LogP contribution >= 0.6 is 11.3 Å². The number of carbonyl (C=O) groups excluding carboxylic acids is 2. The van der Waals surface area contributed by atoms with Crippen LogP contribution in [0.4, 0.5) is 5.13 Å². The Labute approximate surface area is 215 Å². The molecule has 1 aromatic carbocycles. The van der Waals surface area contributed by atoms with Gasteiger partial charge >= 0.3 is 0 Å². The molecule has 2 N–H and O–H groups in total. The molecule has 3 heterocycles. The zero-order valence-corrected chi connectivity index (χ0v) is 21.9. The van der Waals surface area contributed by atoms with Gasteiger partial charge in [-0.1, -0.05) is 42.4 Å². The van der Waals surface area contributed by atoms with E-state index < -0.39 is 0 Å². The molecule has 3 aromatic rings. The molecule has 2 aromatic heterocycles. The Hall–Kier alpha value is -2.82. The predicted molar refractivity (Wildman–Crippen MR) is 141 cm³/mol. The van der Waals surface area contributed by atoms with Crippen LogP contribution in [0.2, 0.25) is 0 Å². The third-order valence-corrected chi connectivity index (χ3v) is 7.86. The summed E-state index contributed by atoms with van der Waals surface area (Å²) < 4.78 is 8.01. The summed E-state index contributed by atoms with van der Waals surface area (Å²) in [6.45, 7) is 9.37. The van der Waals surface area contributed by atoms with Crippen molar-refractivity contribution in [2.45, 2.75) is 64.1 Å². The second-order valence-electron chi connectivity index (χ2n) is 10.5. The van der Waals surface area contributed by atoms with Gasteiger partial charge in [-0.2, -0.15) is 10.1 Å². The van der Waals surface area contributed by atoms with Gasteiger partial charge in [0.15, 0.2) is 16.5 Å². The van der Waals surface area contributed by atoms with Crippen LogP contribution in [0, 0.1) is 0 Å². The average Bonchev–Trinajstić information content (AvgIpc) is 3.44. The average molecular weight is 511 g/mol. The van der Waals surface area contributed by atoms with Gasteiger partial charge in [-0.3, -0.25) is 19.8 Å². The number of hydrogen-bond donors (Lipinski definition) is 2. The van der Waals surface area contributed by atoms with E-state index in [1.165, 1.54) is 17.8 Å².